The minimum absolute atomic E-state index is 0.0412. The summed E-state index contributed by atoms with van der Waals surface area (Å²) in [5, 5.41) is 6.71. The van der Waals surface area contributed by atoms with Crippen molar-refractivity contribution in [1.29, 1.82) is 0 Å². The predicted molar refractivity (Wildman–Crippen MR) is 162 cm³/mol. The normalized spacial score (nSPS) is 19.6. The second-order valence-electron chi connectivity index (χ2n) is 11.0. The zero-order chi connectivity index (χ0) is 29.7. The number of nitrogens with zero attached hydrogens (tertiary/aromatic N) is 1. The van der Waals surface area contributed by atoms with Crippen molar-refractivity contribution in [3.8, 4) is 0 Å². The number of amides is 1. The van der Waals surface area contributed by atoms with Gasteiger partial charge in [-0.2, -0.15) is 4.31 Å². The van der Waals surface area contributed by atoms with Gasteiger partial charge in [0.25, 0.3) is 0 Å². The number of piperazine rings is 1. The third-order valence-corrected chi connectivity index (χ3v) is 9.99. The van der Waals surface area contributed by atoms with Crippen LogP contribution in [0.25, 0.3) is 0 Å². The van der Waals surface area contributed by atoms with Crippen LogP contribution in [0, 0.1) is 11.7 Å². The standard InChI is InChI=1S/C31H38ClFN4O3S/c1-20(2)29(22-9-7-10-23(32)17-22)30(34)31(38)36-28-14-8-13-27(33)26(28)16-15-24-19-35-18-21(3)37(24)41(39,40)25-11-5-4-6-12-25/h4-14,17,20-21,24,29-30,35H,15-16,18-19,34H2,1-3H3,(H,36,38)/t21-,24+,29?,30+/m1/s1. The van der Waals surface area contributed by atoms with Crippen molar-refractivity contribution >= 4 is 33.2 Å². The fourth-order valence-electron chi connectivity index (χ4n) is 5.72. The molecule has 3 aromatic carbocycles. The fraction of sp³-hybridized carbons (Fsp3) is 0.387. The van der Waals surface area contributed by atoms with Crippen molar-refractivity contribution in [1.82, 2.24) is 9.62 Å². The fourth-order valence-corrected chi connectivity index (χ4v) is 7.78. The number of nitrogens with two attached hydrogens (primary N) is 1. The maximum absolute atomic E-state index is 15.2. The second-order valence-corrected chi connectivity index (χ2v) is 13.2. The van der Waals surface area contributed by atoms with Crippen molar-refractivity contribution in [2.75, 3.05) is 18.4 Å². The molecule has 10 heteroatoms. The summed E-state index contributed by atoms with van der Waals surface area (Å²) in [5.41, 5.74) is 7.97. The van der Waals surface area contributed by atoms with Gasteiger partial charge in [0, 0.05) is 47.4 Å². The van der Waals surface area contributed by atoms with E-state index < -0.39 is 33.8 Å². The third kappa shape index (κ3) is 7.16. The van der Waals surface area contributed by atoms with Crippen LogP contribution in [0.3, 0.4) is 0 Å². The molecule has 0 radical (unpaired) electrons. The summed E-state index contributed by atoms with van der Waals surface area (Å²) in [5.74, 6) is -1.17. The van der Waals surface area contributed by atoms with Crippen molar-refractivity contribution in [2.45, 2.75) is 62.6 Å². The molecule has 41 heavy (non-hydrogen) atoms. The van der Waals surface area contributed by atoms with Gasteiger partial charge in [0.1, 0.15) is 5.82 Å². The van der Waals surface area contributed by atoms with Crippen LogP contribution in [-0.2, 0) is 21.2 Å². The number of hydrogen-bond donors (Lipinski definition) is 3. The lowest BCUT2D eigenvalue weighted by molar-refractivity contribution is -0.118. The van der Waals surface area contributed by atoms with Gasteiger partial charge in [-0.25, -0.2) is 12.8 Å². The van der Waals surface area contributed by atoms with Crippen LogP contribution in [0.5, 0.6) is 0 Å². The van der Waals surface area contributed by atoms with Crippen LogP contribution in [0.15, 0.2) is 77.7 Å². The molecule has 4 atom stereocenters. The highest BCUT2D eigenvalue weighted by Crippen LogP contribution is 2.31. The van der Waals surface area contributed by atoms with Gasteiger partial charge in [-0.05, 0) is 67.6 Å². The molecule has 1 fully saturated rings. The molecule has 1 unspecified atom stereocenters. The van der Waals surface area contributed by atoms with E-state index in [0.29, 0.717) is 35.8 Å². The number of rotatable bonds is 10. The van der Waals surface area contributed by atoms with Crippen LogP contribution >= 0.6 is 11.6 Å². The van der Waals surface area contributed by atoms with Gasteiger partial charge in [0.15, 0.2) is 0 Å². The Kier molecular flexibility index (Phi) is 10.2. The molecule has 3 aromatic rings. The largest absolute Gasteiger partial charge is 0.324 e. The molecular weight excluding hydrogens is 563 g/mol. The molecule has 4 N–H and O–H groups in total. The summed E-state index contributed by atoms with van der Waals surface area (Å²) in [6, 6.07) is 18.6. The number of carbonyl (C=O) groups excluding carboxylic acids is 1. The number of benzene rings is 3. The van der Waals surface area contributed by atoms with E-state index in [4.69, 9.17) is 17.3 Å². The molecule has 7 nitrogen and oxygen atoms in total. The van der Waals surface area contributed by atoms with Gasteiger partial charge in [-0.1, -0.05) is 61.8 Å². The molecule has 1 aliphatic heterocycles. The molecule has 0 aliphatic carbocycles. The van der Waals surface area contributed by atoms with Crippen LogP contribution < -0.4 is 16.4 Å². The maximum Gasteiger partial charge on any atom is 0.243 e. The molecule has 0 spiro atoms. The van der Waals surface area contributed by atoms with Crippen molar-refractivity contribution in [2.24, 2.45) is 11.7 Å². The summed E-state index contributed by atoms with van der Waals surface area (Å²) in [6.07, 6.45) is 0.579. The lowest BCUT2D eigenvalue weighted by Gasteiger charge is -2.40. The zero-order valence-electron chi connectivity index (χ0n) is 23.6. The van der Waals surface area contributed by atoms with Crippen molar-refractivity contribution < 1.29 is 17.6 Å². The Morgan fingerprint density at radius 2 is 1.80 bits per heavy atom. The van der Waals surface area contributed by atoms with Crippen molar-refractivity contribution in [3.63, 3.8) is 0 Å². The van der Waals surface area contributed by atoms with E-state index in [0.717, 1.165) is 5.56 Å². The summed E-state index contributed by atoms with van der Waals surface area (Å²) < 4.78 is 43.9. The topological polar surface area (TPSA) is 105 Å². The molecular formula is C31H38ClFN4O3S. The molecule has 1 amide bonds. The first kappa shape index (κ1) is 31.1. The minimum Gasteiger partial charge on any atom is -0.324 e. The zero-order valence-corrected chi connectivity index (χ0v) is 25.1. The van der Waals surface area contributed by atoms with E-state index in [1.54, 1.807) is 48.5 Å². The van der Waals surface area contributed by atoms with E-state index in [1.807, 2.05) is 32.9 Å². The first-order valence-corrected chi connectivity index (χ1v) is 15.7. The van der Waals surface area contributed by atoms with E-state index in [2.05, 4.69) is 10.6 Å². The van der Waals surface area contributed by atoms with E-state index in [1.165, 1.54) is 16.4 Å². The van der Waals surface area contributed by atoms with Gasteiger partial charge < -0.3 is 16.4 Å². The van der Waals surface area contributed by atoms with E-state index in [9.17, 15) is 13.2 Å². The van der Waals surface area contributed by atoms with Gasteiger partial charge in [0.2, 0.25) is 15.9 Å². The third-order valence-electron chi connectivity index (χ3n) is 7.68. The highest BCUT2D eigenvalue weighted by atomic mass is 35.5. The average molecular weight is 601 g/mol. The summed E-state index contributed by atoms with van der Waals surface area (Å²) in [4.78, 5) is 13.6. The Hall–Kier alpha value is -2.82. The number of sulfonamides is 1. The van der Waals surface area contributed by atoms with E-state index in [-0.39, 0.29) is 29.2 Å². The quantitative estimate of drug-likeness (QED) is 0.298. The van der Waals surface area contributed by atoms with E-state index >= 15 is 4.39 Å². The molecule has 1 aliphatic rings. The first-order valence-electron chi connectivity index (χ1n) is 13.9. The highest BCUT2D eigenvalue weighted by Gasteiger charge is 2.38. The molecule has 0 saturated carbocycles. The lowest BCUT2D eigenvalue weighted by Crippen LogP contribution is -2.58. The number of anilines is 1. The number of hydrogen-bond acceptors (Lipinski definition) is 5. The average Bonchev–Trinajstić information content (AvgIpc) is 2.93. The Labute approximate surface area is 247 Å². The number of carbonyl (C=O) groups is 1. The maximum atomic E-state index is 15.2. The molecule has 4 rings (SSSR count). The summed E-state index contributed by atoms with van der Waals surface area (Å²) in [6.45, 7) is 6.79. The summed E-state index contributed by atoms with van der Waals surface area (Å²) >= 11 is 6.20. The predicted octanol–water partition coefficient (Wildman–Crippen LogP) is 5.17. The molecule has 1 saturated heterocycles. The summed E-state index contributed by atoms with van der Waals surface area (Å²) in [7, 11) is -3.76. The molecule has 1 heterocycles. The van der Waals surface area contributed by atoms with Crippen LogP contribution in [0.1, 0.15) is 44.2 Å². The van der Waals surface area contributed by atoms with Crippen LogP contribution in [-0.4, -0.2) is 49.8 Å². The molecule has 0 aromatic heterocycles. The smallest absolute Gasteiger partial charge is 0.243 e. The van der Waals surface area contributed by atoms with Gasteiger partial charge in [0.05, 0.1) is 10.9 Å². The van der Waals surface area contributed by atoms with Gasteiger partial charge in [-0.3, -0.25) is 4.79 Å². The SMILES string of the molecule is CC(C)C(c1cccc(Cl)c1)[C@H](N)C(=O)Nc1cccc(F)c1CC[C@H]1CNC[C@@H](C)N1S(=O)(=O)c1ccccc1. The Morgan fingerprint density at radius 3 is 2.49 bits per heavy atom. The number of nitrogens with one attached hydrogen (secondary N) is 2. The first-order chi connectivity index (χ1) is 19.5. The Morgan fingerprint density at radius 1 is 1.10 bits per heavy atom. The van der Waals surface area contributed by atoms with Crippen molar-refractivity contribution in [3.05, 3.63) is 94.8 Å². The molecule has 0 bridgehead atoms. The Balaban J connectivity index is 1.54. The van der Waals surface area contributed by atoms with Crippen LogP contribution in [0.4, 0.5) is 10.1 Å². The van der Waals surface area contributed by atoms with Gasteiger partial charge >= 0.3 is 0 Å². The highest BCUT2D eigenvalue weighted by molar-refractivity contribution is 7.89. The monoisotopic (exact) mass is 600 g/mol. The minimum atomic E-state index is -3.76. The molecule has 220 valence electrons. The Bertz CT molecular complexity index is 1450. The second kappa shape index (κ2) is 13.4. The number of halogens is 2. The lowest BCUT2D eigenvalue weighted by atomic mass is 9.82. The van der Waals surface area contributed by atoms with Crippen LogP contribution in [0.2, 0.25) is 5.02 Å². The van der Waals surface area contributed by atoms with Gasteiger partial charge in [-0.15, -0.1) is 0 Å².